The molecule has 1 unspecified atom stereocenters. The van der Waals surface area contributed by atoms with Gasteiger partial charge in [0.15, 0.2) is 0 Å². The number of hydrogen-bond donors (Lipinski definition) is 1. The Morgan fingerprint density at radius 1 is 1.35 bits per heavy atom. The number of halogens is 1. The number of thiophene rings is 1. The van der Waals surface area contributed by atoms with Crippen LogP contribution < -0.4 is 0 Å². The standard InChI is InChI=1S/C18H18FNO2S/c19-16-5-3-15(4-6-16)18-12-20(7-9-22-18)11-17-10-14(13-23-17)2-1-8-21/h3-6,10,13,18,21H,7-9,11-12H2. The summed E-state index contributed by atoms with van der Waals surface area (Å²) in [7, 11) is 0. The molecule has 1 aromatic carbocycles. The summed E-state index contributed by atoms with van der Waals surface area (Å²) in [5, 5.41) is 10.7. The highest BCUT2D eigenvalue weighted by Gasteiger charge is 2.22. The molecule has 1 aliphatic rings. The van der Waals surface area contributed by atoms with Crippen LogP contribution in [-0.4, -0.2) is 36.3 Å². The maximum Gasteiger partial charge on any atom is 0.123 e. The maximum atomic E-state index is 13.0. The molecule has 0 aliphatic carbocycles. The van der Waals surface area contributed by atoms with Crippen molar-refractivity contribution in [3.05, 3.63) is 57.5 Å². The van der Waals surface area contributed by atoms with Crippen LogP contribution in [0.3, 0.4) is 0 Å². The number of morpholine rings is 1. The zero-order chi connectivity index (χ0) is 16.1. The predicted molar refractivity (Wildman–Crippen MR) is 88.7 cm³/mol. The van der Waals surface area contributed by atoms with Gasteiger partial charge >= 0.3 is 0 Å². The second-order valence-electron chi connectivity index (χ2n) is 5.41. The van der Waals surface area contributed by atoms with Crippen molar-refractivity contribution in [2.24, 2.45) is 0 Å². The Balaban J connectivity index is 1.62. The first-order chi connectivity index (χ1) is 11.2. The Morgan fingerprint density at radius 3 is 2.96 bits per heavy atom. The topological polar surface area (TPSA) is 32.7 Å². The van der Waals surface area contributed by atoms with Crippen molar-refractivity contribution in [1.29, 1.82) is 0 Å². The lowest BCUT2D eigenvalue weighted by molar-refractivity contribution is -0.0326. The molecule has 1 N–H and O–H groups in total. The first-order valence-corrected chi connectivity index (χ1v) is 8.39. The fraction of sp³-hybridized carbons (Fsp3) is 0.333. The van der Waals surface area contributed by atoms with Crippen molar-refractivity contribution in [2.45, 2.75) is 12.6 Å². The Kier molecular flexibility index (Phi) is 5.42. The summed E-state index contributed by atoms with van der Waals surface area (Å²) in [6.45, 7) is 3.08. The summed E-state index contributed by atoms with van der Waals surface area (Å²) in [6.07, 6.45) is -0.0158. The molecule has 23 heavy (non-hydrogen) atoms. The summed E-state index contributed by atoms with van der Waals surface area (Å²) in [5.41, 5.74) is 1.96. The average molecular weight is 331 g/mol. The number of ether oxygens (including phenoxy) is 1. The number of aliphatic hydroxyl groups is 1. The van der Waals surface area contributed by atoms with Gasteiger partial charge in [-0.15, -0.1) is 11.3 Å². The molecule has 1 aromatic heterocycles. The van der Waals surface area contributed by atoms with Gasteiger partial charge in [-0.05, 0) is 23.8 Å². The minimum Gasteiger partial charge on any atom is -0.384 e. The summed E-state index contributed by atoms with van der Waals surface area (Å²) in [5.74, 6) is 5.36. The second-order valence-corrected chi connectivity index (χ2v) is 6.40. The molecule has 5 heteroatoms. The molecule has 0 saturated carbocycles. The Bertz CT molecular complexity index is 702. The van der Waals surface area contributed by atoms with Crippen molar-refractivity contribution in [3.63, 3.8) is 0 Å². The van der Waals surface area contributed by atoms with Gasteiger partial charge in [0.2, 0.25) is 0 Å². The van der Waals surface area contributed by atoms with E-state index >= 15 is 0 Å². The number of aliphatic hydroxyl groups excluding tert-OH is 1. The molecule has 1 atom stereocenters. The average Bonchev–Trinajstić information content (AvgIpc) is 3.01. The first-order valence-electron chi connectivity index (χ1n) is 7.51. The van der Waals surface area contributed by atoms with Gasteiger partial charge in [0.25, 0.3) is 0 Å². The highest BCUT2D eigenvalue weighted by Crippen LogP contribution is 2.25. The van der Waals surface area contributed by atoms with Gasteiger partial charge in [-0.1, -0.05) is 24.0 Å². The SMILES string of the molecule is OCC#Cc1csc(CN2CCOC(c3ccc(F)cc3)C2)c1. The van der Waals surface area contributed by atoms with Crippen LogP contribution in [0.25, 0.3) is 0 Å². The predicted octanol–water partition coefficient (Wildman–Crippen LogP) is 2.80. The molecular formula is C18H18FNO2S. The van der Waals surface area contributed by atoms with Gasteiger partial charge in [-0.2, -0.15) is 0 Å². The van der Waals surface area contributed by atoms with E-state index in [0.717, 1.165) is 30.8 Å². The fourth-order valence-corrected chi connectivity index (χ4v) is 3.47. The molecule has 1 aliphatic heterocycles. The molecule has 3 nitrogen and oxygen atoms in total. The van der Waals surface area contributed by atoms with Crippen LogP contribution in [0.1, 0.15) is 22.1 Å². The van der Waals surface area contributed by atoms with Crippen LogP contribution in [0.4, 0.5) is 4.39 Å². The van der Waals surface area contributed by atoms with E-state index < -0.39 is 0 Å². The van der Waals surface area contributed by atoms with E-state index in [9.17, 15) is 4.39 Å². The second kappa shape index (κ2) is 7.71. The van der Waals surface area contributed by atoms with Crippen LogP contribution in [-0.2, 0) is 11.3 Å². The summed E-state index contributed by atoms with van der Waals surface area (Å²) in [6, 6.07) is 8.59. The van der Waals surface area contributed by atoms with E-state index in [-0.39, 0.29) is 18.5 Å². The Labute approximate surface area is 139 Å². The van der Waals surface area contributed by atoms with Crippen molar-refractivity contribution < 1.29 is 14.2 Å². The molecule has 3 rings (SSSR count). The third kappa shape index (κ3) is 4.40. The van der Waals surface area contributed by atoms with Gasteiger partial charge in [-0.3, -0.25) is 4.90 Å². The van der Waals surface area contributed by atoms with E-state index in [1.165, 1.54) is 17.0 Å². The van der Waals surface area contributed by atoms with Gasteiger partial charge < -0.3 is 9.84 Å². The molecule has 1 fully saturated rings. The van der Waals surface area contributed by atoms with Crippen molar-refractivity contribution in [2.75, 3.05) is 26.3 Å². The summed E-state index contributed by atoms with van der Waals surface area (Å²) in [4.78, 5) is 3.58. The molecule has 2 heterocycles. The highest BCUT2D eigenvalue weighted by atomic mass is 32.1. The minimum atomic E-state index is -0.225. The van der Waals surface area contributed by atoms with Crippen LogP contribution in [0.5, 0.6) is 0 Å². The zero-order valence-corrected chi connectivity index (χ0v) is 13.5. The van der Waals surface area contributed by atoms with Crippen LogP contribution in [0, 0.1) is 17.7 Å². The molecule has 2 aromatic rings. The van der Waals surface area contributed by atoms with Gasteiger partial charge in [0.05, 0.1) is 12.7 Å². The largest absolute Gasteiger partial charge is 0.384 e. The van der Waals surface area contributed by atoms with Crippen LogP contribution in [0.15, 0.2) is 35.7 Å². The third-order valence-corrected chi connectivity index (χ3v) is 4.66. The van der Waals surface area contributed by atoms with E-state index in [4.69, 9.17) is 9.84 Å². The van der Waals surface area contributed by atoms with Gasteiger partial charge in [0.1, 0.15) is 12.4 Å². The molecule has 0 amide bonds. The smallest absolute Gasteiger partial charge is 0.123 e. The number of nitrogens with zero attached hydrogens (tertiary/aromatic N) is 1. The lowest BCUT2D eigenvalue weighted by Crippen LogP contribution is -2.37. The molecule has 1 saturated heterocycles. The maximum absolute atomic E-state index is 13.0. The fourth-order valence-electron chi connectivity index (χ4n) is 2.62. The van der Waals surface area contributed by atoms with Crippen LogP contribution in [0.2, 0.25) is 0 Å². The highest BCUT2D eigenvalue weighted by molar-refractivity contribution is 7.10. The van der Waals surface area contributed by atoms with E-state index in [2.05, 4.69) is 22.8 Å². The number of hydrogen-bond acceptors (Lipinski definition) is 4. The lowest BCUT2D eigenvalue weighted by atomic mass is 10.1. The summed E-state index contributed by atoms with van der Waals surface area (Å²) < 4.78 is 18.9. The van der Waals surface area contributed by atoms with E-state index in [1.807, 2.05) is 5.38 Å². The van der Waals surface area contributed by atoms with Crippen LogP contribution >= 0.6 is 11.3 Å². The zero-order valence-electron chi connectivity index (χ0n) is 12.7. The Hall–Kier alpha value is -1.71. The first kappa shape index (κ1) is 16.2. The Morgan fingerprint density at radius 2 is 2.17 bits per heavy atom. The minimum absolute atomic E-state index is 0.0158. The summed E-state index contributed by atoms with van der Waals surface area (Å²) >= 11 is 1.68. The molecular weight excluding hydrogens is 313 g/mol. The quantitative estimate of drug-likeness (QED) is 0.878. The van der Waals surface area contributed by atoms with E-state index in [1.54, 1.807) is 23.5 Å². The third-order valence-electron chi connectivity index (χ3n) is 3.74. The van der Waals surface area contributed by atoms with Gasteiger partial charge in [0, 0.05) is 35.5 Å². The van der Waals surface area contributed by atoms with Gasteiger partial charge in [-0.25, -0.2) is 4.39 Å². The normalized spacial score (nSPS) is 18.4. The molecule has 120 valence electrons. The monoisotopic (exact) mass is 331 g/mol. The number of benzene rings is 1. The van der Waals surface area contributed by atoms with Crippen molar-refractivity contribution >= 4 is 11.3 Å². The van der Waals surface area contributed by atoms with E-state index in [0.29, 0.717) is 6.61 Å². The van der Waals surface area contributed by atoms with Crippen molar-refractivity contribution in [3.8, 4) is 11.8 Å². The van der Waals surface area contributed by atoms with Crippen molar-refractivity contribution in [1.82, 2.24) is 4.90 Å². The lowest BCUT2D eigenvalue weighted by Gasteiger charge is -2.32. The molecule has 0 bridgehead atoms. The molecule has 0 spiro atoms. The molecule has 0 radical (unpaired) electrons. The number of rotatable bonds is 3.